The highest BCUT2D eigenvalue weighted by Gasteiger charge is 2.48. The second kappa shape index (κ2) is 10.6. The van der Waals surface area contributed by atoms with Gasteiger partial charge < -0.3 is 20.1 Å². The number of aromatic nitrogens is 3. The number of terminal acetylenes is 1. The van der Waals surface area contributed by atoms with Crippen molar-refractivity contribution >= 4 is 27.5 Å². The van der Waals surface area contributed by atoms with E-state index in [4.69, 9.17) is 16.1 Å². The van der Waals surface area contributed by atoms with Gasteiger partial charge in [0, 0.05) is 60.0 Å². The van der Waals surface area contributed by atoms with E-state index in [2.05, 4.69) is 31.0 Å². The molecule has 4 aromatic rings. The van der Waals surface area contributed by atoms with E-state index in [1.165, 1.54) is 6.07 Å². The number of nitrogens with one attached hydrogen (secondary N) is 1. The summed E-state index contributed by atoms with van der Waals surface area (Å²) < 4.78 is 50.2. The number of rotatable bonds is 5. The Morgan fingerprint density at radius 2 is 2.00 bits per heavy atom. The van der Waals surface area contributed by atoms with Crippen molar-refractivity contribution in [3.05, 3.63) is 59.6 Å². The maximum Gasteiger partial charge on any atom is 0.319 e. The van der Waals surface area contributed by atoms with Gasteiger partial charge in [0.05, 0.1) is 10.9 Å². The number of phenolic OH excluding ortho intramolecular Hbond substituents is 1. The van der Waals surface area contributed by atoms with E-state index in [0.717, 1.165) is 25.7 Å². The van der Waals surface area contributed by atoms with Crippen LogP contribution in [0.3, 0.4) is 0 Å². The van der Waals surface area contributed by atoms with Gasteiger partial charge in [-0.05, 0) is 62.2 Å². The van der Waals surface area contributed by atoms with Gasteiger partial charge in [-0.2, -0.15) is 18.7 Å². The van der Waals surface area contributed by atoms with Crippen LogP contribution in [-0.2, 0) is 0 Å². The van der Waals surface area contributed by atoms with Crippen LogP contribution in [-0.4, -0.2) is 75.4 Å². The summed E-state index contributed by atoms with van der Waals surface area (Å²) in [5, 5.41) is 15.8. The van der Waals surface area contributed by atoms with Crippen LogP contribution in [0, 0.1) is 18.2 Å². The maximum atomic E-state index is 16.8. The average Bonchev–Trinajstić information content (AvgIpc) is 3.70. The molecule has 3 atom stereocenters. The highest BCUT2D eigenvalue weighted by atomic mass is 19.3. The topological polar surface area (TPSA) is 86.6 Å². The summed E-state index contributed by atoms with van der Waals surface area (Å²) in [5.74, 6) is 2.45. The zero-order valence-electron chi connectivity index (χ0n) is 24.5. The fourth-order valence-electron chi connectivity index (χ4n) is 7.87. The lowest BCUT2D eigenvalue weighted by molar-refractivity contribution is 0.108. The zero-order chi connectivity index (χ0) is 30.9. The number of pyridine rings is 1. The molecule has 4 aliphatic heterocycles. The second-order valence-electron chi connectivity index (χ2n) is 12.7. The first-order valence-corrected chi connectivity index (χ1v) is 15.3. The predicted molar refractivity (Wildman–Crippen MR) is 165 cm³/mol. The minimum absolute atomic E-state index is 0.00775. The first-order valence-electron chi connectivity index (χ1n) is 15.3. The van der Waals surface area contributed by atoms with Crippen molar-refractivity contribution in [2.75, 3.05) is 37.7 Å². The standard InChI is InChI=1S/C34H31F3N6O2/c1-2-19-5-3-6-20-11-24(44)12-25(27(19)20)29-28(35)30-26(14-38-29)32(42-16-22-7-8-23(17-42)39-22)41-33(40-30)45-18-34-9-4-10-43(34)15-21(13-34)31(36)37/h1,3,5-6,11-12,14,22-23,39,44H,4,7-10,13,15-18H2. The molecular weight excluding hydrogens is 581 g/mol. The van der Waals surface area contributed by atoms with Crippen molar-refractivity contribution in [3.8, 4) is 35.4 Å². The Hall–Kier alpha value is -4.40. The molecule has 0 saturated carbocycles. The Kier molecular flexibility index (Phi) is 6.62. The average molecular weight is 613 g/mol. The summed E-state index contributed by atoms with van der Waals surface area (Å²) in [6.07, 6.45) is 9.67. The van der Waals surface area contributed by atoms with Gasteiger partial charge in [0.25, 0.3) is 6.08 Å². The van der Waals surface area contributed by atoms with E-state index in [-0.39, 0.29) is 48.1 Å². The number of phenols is 1. The number of ether oxygens (including phenoxy) is 1. The van der Waals surface area contributed by atoms with Gasteiger partial charge in [-0.25, -0.2) is 4.39 Å². The molecule has 4 fully saturated rings. The third-order valence-electron chi connectivity index (χ3n) is 9.93. The Bertz CT molecular complexity index is 1930. The Labute approximate surface area is 257 Å². The largest absolute Gasteiger partial charge is 0.508 e. The van der Waals surface area contributed by atoms with Gasteiger partial charge in [0.2, 0.25) is 0 Å². The van der Waals surface area contributed by atoms with Crippen LogP contribution in [0.1, 0.15) is 37.7 Å². The van der Waals surface area contributed by atoms with E-state index >= 15 is 4.39 Å². The van der Waals surface area contributed by atoms with Crippen LogP contribution in [0.5, 0.6) is 11.8 Å². The van der Waals surface area contributed by atoms with E-state index in [9.17, 15) is 13.9 Å². The quantitative estimate of drug-likeness (QED) is 0.291. The number of fused-ring (bicyclic) bond motifs is 5. The lowest BCUT2D eigenvalue weighted by Gasteiger charge is -2.34. The highest BCUT2D eigenvalue weighted by molar-refractivity contribution is 6.02. The van der Waals surface area contributed by atoms with Crippen molar-refractivity contribution in [2.45, 2.75) is 49.7 Å². The van der Waals surface area contributed by atoms with Crippen LogP contribution >= 0.6 is 0 Å². The Balaban J connectivity index is 1.25. The highest BCUT2D eigenvalue weighted by Crippen LogP contribution is 2.43. The Morgan fingerprint density at radius 1 is 1.18 bits per heavy atom. The van der Waals surface area contributed by atoms with Crippen LogP contribution in [0.25, 0.3) is 32.9 Å². The van der Waals surface area contributed by atoms with Gasteiger partial charge >= 0.3 is 6.01 Å². The summed E-state index contributed by atoms with van der Waals surface area (Å²) in [6, 6.07) is 8.95. The molecule has 8 rings (SSSR count). The monoisotopic (exact) mass is 612 g/mol. The summed E-state index contributed by atoms with van der Waals surface area (Å²) in [6.45, 7) is 2.43. The molecule has 45 heavy (non-hydrogen) atoms. The minimum atomic E-state index is -1.63. The lowest BCUT2D eigenvalue weighted by Crippen LogP contribution is -2.51. The first kappa shape index (κ1) is 28.1. The number of halogens is 3. The Morgan fingerprint density at radius 3 is 2.78 bits per heavy atom. The van der Waals surface area contributed by atoms with Crippen molar-refractivity contribution in [3.63, 3.8) is 0 Å². The van der Waals surface area contributed by atoms with E-state index < -0.39 is 17.4 Å². The molecule has 2 aromatic heterocycles. The van der Waals surface area contributed by atoms with Gasteiger partial charge in [0.15, 0.2) is 5.82 Å². The molecule has 4 aliphatic rings. The van der Waals surface area contributed by atoms with E-state index in [1.807, 2.05) is 0 Å². The molecule has 0 spiro atoms. The maximum absolute atomic E-state index is 16.8. The number of nitrogens with zero attached hydrogens (tertiary/aromatic N) is 5. The summed E-state index contributed by atoms with van der Waals surface area (Å²) in [4.78, 5) is 18.1. The van der Waals surface area contributed by atoms with Crippen LogP contribution in [0.4, 0.5) is 19.0 Å². The number of benzene rings is 2. The fourth-order valence-corrected chi connectivity index (χ4v) is 7.87. The van der Waals surface area contributed by atoms with Crippen LogP contribution < -0.4 is 15.0 Å². The first-order chi connectivity index (χ1) is 21.8. The lowest BCUT2D eigenvalue weighted by atomic mass is 9.94. The molecule has 8 nitrogen and oxygen atoms in total. The van der Waals surface area contributed by atoms with Gasteiger partial charge in [-0.1, -0.05) is 18.1 Å². The molecule has 4 saturated heterocycles. The molecule has 0 amide bonds. The number of piperazine rings is 1. The molecular formula is C34H31F3N6O2. The summed E-state index contributed by atoms with van der Waals surface area (Å²) in [7, 11) is 0. The van der Waals surface area contributed by atoms with Crippen LogP contribution in [0.2, 0.25) is 0 Å². The van der Waals surface area contributed by atoms with E-state index in [0.29, 0.717) is 64.8 Å². The minimum Gasteiger partial charge on any atom is -0.508 e. The van der Waals surface area contributed by atoms with Crippen molar-refractivity contribution in [2.24, 2.45) is 0 Å². The van der Waals surface area contributed by atoms with Gasteiger partial charge in [-0.15, -0.1) is 6.42 Å². The SMILES string of the molecule is C#Cc1cccc2cc(O)cc(-c3ncc4c(N5CC6CCC(C5)N6)nc(OCC56CCCN5CC(=C(F)F)C6)nc4c3F)c12. The number of hydrogen-bond acceptors (Lipinski definition) is 8. The molecule has 6 heterocycles. The molecule has 0 radical (unpaired) electrons. The molecule has 3 unspecified atom stereocenters. The molecule has 230 valence electrons. The fraction of sp³-hybridized carbons (Fsp3) is 0.382. The molecule has 11 heteroatoms. The molecule has 0 aliphatic carbocycles. The van der Waals surface area contributed by atoms with Crippen molar-refractivity contribution in [1.82, 2.24) is 25.2 Å². The smallest absolute Gasteiger partial charge is 0.319 e. The van der Waals surface area contributed by atoms with Gasteiger partial charge in [-0.3, -0.25) is 9.88 Å². The number of anilines is 1. The molecule has 2 bridgehead atoms. The van der Waals surface area contributed by atoms with Crippen molar-refractivity contribution < 1.29 is 23.0 Å². The predicted octanol–water partition coefficient (Wildman–Crippen LogP) is 5.38. The van der Waals surface area contributed by atoms with E-state index in [1.54, 1.807) is 30.5 Å². The summed E-state index contributed by atoms with van der Waals surface area (Å²) >= 11 is 0. The summed E-state index contributed by atoms with van der Waals surface area (Å²) in [5.41, 5.74) is 0.484. The normalized spacial score (nSPS) is 24.4. The number of aromatic hydroxyl groups is 1. The zero-order valence-corrected chi connectivity index (χ0v) is 24.5. The molecule has 2 aromatic carbocycles. The second-order valence-corrected chi connectivity index (χ2v) is 12.7. The molecule has 2 N–H and O–H groups in total. The van der Waals surface area contributed by atoms with Crippen LogP contribution in [0.15, 0.2) is 48.2 Å². The third-order valence-corrected chi connectivity index (χ3v) is 9.93. The van der Waals surface area contributed by atoms with Crippen molar-refractivity contribution in [1.29, 1.82) is 0 Å². The number of hydrogen-bond donors (Lipinski definition) is 2. The third kappa shape index (κ3) is 4.66. The van der Waals surface area contributed by atoms with Gasteiger partial charge in [0.1, 0.15) is 29.4 Å².